The summed E-state index contributed by atoms with van der Waals surface area (Å²) in [5, 5.41) is 3.48. The van der Waals surface area contributed by atoms with E-state index in [-0.39, 0.29) is 0 Å². The number of unbranched alkanes of at least 4 members (excludes halogenated alkanes) is 1. The van der Waals surface area contributed by atoms with Crippen molar-refractivity contribution >= 4 is 0 Å². The van der Waals surface area contributed by atoms with Gasteiger partial charge >= 0.3 is 0 Å². The molecular weight excluding hydrogens is 256 g/mol. The molecule has 2 rings (SSSR count). The molecular formula is C19H26N2. The summed E-state index contributed by atoms with van der Waals surface area (Å²) < 4.78 is 0. The highest BCUT2D eigenvalue weighted by atomic mass is 14.9. The fourth-order valence-electron chi connectivity index (χ4n) is 2.37. The summed E-state index contributed by atoms with van der Waals surface area (Å²) in [4.78, 5) is 4.76. The molecule has 0 saturated carbocycles. The number of aryl methyl sites for hydroxylation is 2. The van der Waals surface area contributed by atoms with E-state index in [1.165, 1.54) is 29.5 Å². The lowest BCUT2D eigenvalue weighted by Gasteiger charge is -2.09. The zero-order valence-corrected chi connectivity index (χ0v) is 13.4. The number of benzene rings is 1. The van der Waals surface area contributed by atoms with Crippen molar-refractivity contribution in [3.63, 3.8) is 0 Å². The van der Waals surface area contributed by atoms with Crippen molar-refractivity contribution in [3.05, 3.63) is 53.2 Å². The van der Waals surface area contributed by atoms with Gasteiger partial charge in [-0.2, -0.15) is 0 Å². The third-order valence-corrected chi connectivity index (χ3v) is 3.88. The Morgan fingerprint density at radius 3 is 2.38 bits per heavy atom. The quantitative estimate of drug-likeness (QED) is 0.756. The van der Waals surface area contributed by atoms with Crippen LogP contribution >= 0.6 is 0 Å². The van der Waals surface area contributed by atoms with Gasteiger partial charge in [0.2, 0.25) is 0 Å². The molecule has 21 heavy (non-hydrogen) atoms. The molecule has 2 aromatic rings. The molecule has 0 aliphatic heterocycles. The van der Waals surface area contributed by atoms with Gasteiger partial charge in [-0.1, -0.05) is 50.6 Å². The molecule has 1 N–H and O–H groups in total. The molecule has 0 bridgehead atoms. The zero-order chi connectivity index (χ0) is 15.1. The maximum Gasteiger partial charge on any atom is 0.0705 e. The normalized spacial score (nSPS) is 10.8. The number of aromatic nitrogens is 1. The number of nitrogens with zero attached hydrogens (tertiary/aromatic N) is 1. The van der Waals surface area contributed by atoms with E-state index in [4.69, 9.17) is 4.98 Å². The van der Waals surface area contributed by atoms with Gasteiger partial charge in [-0.15, -0.1) is 0 Å². The van der Waals surface area contributed by atoms with Crippen LogP contribution in [-0.2, 0) is 13.0 Å². The second kappa shape index (κ2) is 7.94. The average Bonchev–Trinajstić information content (AvgIpc) is 2.53. The van der Waals surface area contributed by atoms with Gasteiger partial charge in [-0.3, -0.25) is 4.98 Å². The Morgan fingerprint density at radius 2 is 1.76 bits per heavy atom. The monoisotopic (exact) mass is 282 g/mol. The van der Waals surface area contributed by atoms with E-state index in [0.29, 0.717) is 0 Å². The maximum absolute atomic E-state index is 4.76. The summed E-state index contributed by atoms with van der Waals surface area (Å²) in [6.07, 6.45) is 3.54. The van der Waals surface area contributed by atoms with Gasteiger partial charge in [-0.25, -0.2) is 0 Å². The van der Waals surface area contributed by atoms with Crippen molar-refractivity contribution < 1.29 is 0 Å². The van der Waals surface area contributed by atoms with Gasteiger partial charge in [0.05, 0.1) is 5.69 Å². The Morgan fingerprint density at radius 1 is 1.00 bits per heavy atom. The average molecular weight is 282 g/mol. The molecule has 0 fully saturated rings. The third-order valence-electron chi connectivity index (χ3n) is 3.88. The van der Waals surface area contributed by atoms with Gasteiger partial charge in [-0.05, 0) is 43.5 Å². The number of nitrogens with one attached hydrogen (secondary N) is 1. The number of rotatable bonds is 7. The highest BCUT2D eigenvalue weighted by molar-refractivity contribution is 5.60. The molecule has 1 heterocycles. The van der Waals surface area contributed by atoms with Crippen LogP contribution in [-0.4, -0.2) is 11.5 Å². The SMILES string of the molecule is CCCCNCc1ccc(-c2ccc(CC)cc2)nc1C. The Kier molecular flexibility index (Phi) is 5.94. The van der Waals surface area contributed by atoms with Gasteiger partial charge in [0.25, 0.3) is 0 Å². The molecule has 1 aromatic heterocycles. The highest BCUT2D eigenvalue weighted by Crippen LogP contribution is 2.19. The second-order valence-corrected chi connectivity index (χ2v) is 5.52. The molecule has 112 valence electrons. The molecule has 0 atom stereocenters. The lowest BCUT2D eigenvalue weighted by molar-refractivity contribution is 0.638. The Bertz CT molecular complexity index is 558. The van der Waals surface area contributed by atoms with Crippen molar-refractivity contribution in [3.8, 4) is 11.3 Å². The van der Waals surface area contributed by atoms with Gasteiger partial charge in [0.15, 0.2) is 0 Å². The standard InChI is InChI=1S/C19H26N2/c1-4-6-13-20-14-18-11-12-19(21-15(18)3)17-9-7-16(5-2)8-10-17/h7-12,20H,4-6,13-14H2,1-3H3. The van der Waals surface area contributed by atoms with E-state index in [2.05, 4.69) is 62.5 Å². The number of hydrogen-bond donors (Lipinski definition) is 1. The van der Waals surface area contributed by atoms with Crippen molar-refractivity contribution in [1.29, 1.82) is 0 Å². The molecule has 0 saturated heterocycles. The Hall–Kier alpha value is -1.67. The molecule has 0 radical (unpaired) electrons. The molecule has 2 nitrogen and oxygen atoms in total. The van der Waals surface area contributed by atoms with Crippen molar-refractivity contribution in [2.75, 3.05) is 6.54 Å². The number of hydrogen-bond acceptors (Lipinski definition) is 2. The van der Waals surface area contributed by atoms with Gasteiger partial charge < -0.3 is 5.32 Å². The van der Waals surface area contributed by atoms with Crippen LogP contribution in [0.4, 0.5) is 0 Å². The van der Waals surface area contributed by atoms with Crippen LogP contribution in [0.5, 0.6) is 0 Å². The summed E-state index contributed by atoms with van der Waals surface area (Å²) in [5.74, 6) is 0. The smallest absolute Gasteiger partial charge is 0.0705 e. The lowest BCUT2D eigenvalue weighted by atomic mass is 10.1. The first-order valence-corrected chi connectivity index (χ1v) is 8.01. The van der Waals surface area contributed by atoms with E-state index in [1.807, 2.05) is 0 Å². The maximum atomic E-state index is 4.76. The molecule has 0 amide bonds. The molecule has 0 spiro atoms. The van der Waals surface area contributed by atoms with Crippen LogP contribution in [0.2, 0.25) is 0 Å². The zero-order valence-electron chi connectivity index (χ0n) is 13.4. The third kappa shape index (κ3) is 4.40. The fourth-order valence-corrected chi connectivity index (χ4v) is 2.37. The first kappa shape index (κ1) is 15.7. The highest BCUT2D eigenvalue weighted by Gasteiger charge is 2.04. The summed E-state index contributed by atoms with van der Waals surface area (Å²) >= 11 is 0. The predicted octanol–water partition coefficient (Wildman–Crippen LogP) is 4.51. The first-order chi connectivity index (χ1) is 10.2. The first-order valence-electron chi connectivity index (χ1n) is 8.01. The molecule has 0 unspecified atom stereocenters. The molecule has 1 aromatic carbocycles. The van der Waals surface area contributed by atoms with Crippen LogP contribution in [0.3, 0.4) is 0 Å². The van der Waals surface area contributed by atoms with E-state index in [0.717, 1.165) is 30.9 Å². The van der Waals surface area contributed by atoms with E-state index >= 15 is 0 Å². The van der Waals surface area contributed by atoms with Crippen LogP contribution in [0.1, 0.15) is 43.5 Å². The Labute approximate surface area is 128 Å². The van der Waals surface area contributed by atoms with Gasteiger partial charge in [0, 0.05) is 17.8 Å². The molecule has 0 aliphatic rings. The van der Waals surface area contributed by atoms with Crippen molar-refractivity contribution in [2.24, 2.45) is 0 Å². The van der Waals surface area contributed by atoms with Crippen molar-refractivity contribution in [1.82, 2.24) is 10.3 Å². The van der Waals surface area contributed by atoms with E-state index < -0.39 is 0 Å². The summed E-state index contributed by atoms with van der Waals surface area (Å²) in [5.41, 5.74) is 6.04. The molecule has 0 aliphatic carbocycles. The van der Waals surface area contributed by atoms with Crippen LogP contribution in [0, 0.1) is 6.92 Å². The van der Waals surface area contributed by atoms with Gasteiger partial charge in [0.1, 0.15) is 0 Å². The van der Waals surface area contributed by atoms with Crippen LogP contribution in [0.15, 0.2) is 36.4 Å². The number of pyridine rings is 1. The minimum atomic E-state index is 0.911. The molecule has 2 heteroatoms. The lowest BCUT2D eigenvalue weighted by Crippen LogP contribution is -2.15. The van der Waals surface area contributed by atoms with Crippen LogP contribution < -0.4 is 5.32 Å². The van der Waals surface area contributed by atoms with E-state index in [9.17, 15) is 0 Å². The second-order valence-electron chi connectivity index (χ2n) is 5.52. The summed E-state index contributed by atoms with van der Waals surface area (Å²) in [6, 6.07) is 13.0. The topological polar surface area (TPSA) is 24.9 Å². The van der Waals surface area contributed by atoms with Crippen molar-refractivity contribution in [2.45, 2.75) is 46.6 Å². The summed E-state index contributed by atoms with van der Waals surface area (Å²) in [6.45, 7) is 8.48. The van der Waals surface area contributed by atoms with Crippen LogP contribution in [0.25, 0.3) is 11.3 Å². The Balaban J connectivity index is 2.06. The largest absolute Gasteiger partial charge is 0.313 e. The summed E-state index contributed by atoms with van der Waals surface area (Å²) in [7, 11) is 0. The van der Waals surface area contributed by atoms with E-state index in [1.54, 1.807) is 0 Å². The fraction of sp³-hybridized carbons (Fsp3) is 0.421. The predicted molar refractivity (Wildman–Crippen MR) is 90.4 cm³/mol. The minimum Gasteiger partial charge on any atom is -0.313 e. The minimum absolute atomic E-state index is 0.911.